The largest absolute Gasteiger partial charge is 0.479 e. The first-order valence-corrected chi connectivity index (χ1v) is 7.50. The molecule has 98 valence electrons. The molecule has 1 heterocycles. The third-order valence-electron chi connectivity index (χ3n) is 2.84. The minimum Gasteiger partial charge on any atom is -0.479 e. The second kappa shape index (κ2) is 6.21. The highest BCUT2D eigenvalue weighted by atomic mass is 127. The number of hydrogen-bond donors (Lipinski definition) is 2. The van der Waals surface area contributed by atoms with Crippen molar-refractivity contribution < 1.29 is 14.6 Å². The third kappa shape index (κ3) is 3.58. The summed E-state index contributed by atoms with van der Waals surface area (Å²) in [7, 11) is 0. The first kappa shape index (κ1) is 14.1. The van der Waals surface area contributed by atoms with E-state index in [1.807, 2.05) is 18.2 Å². The predicted molar refractivity (Wildman–Crippen MR) is 80.9 cm³/mol. The number of nitrogens with one attached hydrogen (secondary N) is 1. The number of benzene rings is 1. The summed E-state index contributed by atoms with van der Waals surface area (Å²) in [6.07, 6.45) is 0.728. The van der Waals surface area contributed by atoms with Gasteiger partial charge in [-0.25, -0.2) is 4.79 Å². The fourth-order valence-electron chi connectivity index (χ4n) is 1.88. The number of carbonyl (C=O) groups is 1. The molecular formula is C12H13BrINO3. The summed E-state index contributed by atoms with van der Waals surface area (Å²) >= 11 is 5.70. The van der Waals surface area contributed by atoms with Gasteiger partial charge in [0.2, 0.25) is 0 Å². The standard InChI is InChI=1S/C12H13BrINO3/c13-9-3-1-7(5-10(9)14)15-6-8-2-4-11(18-8)12(16)17/h1,3,5,8,11,15H,2,4,6H2,(H,16,17). The van der Waals surface area contributed by atoms with Crippen molar-refractivity contribution in [3.8, 4) is 0 Å². The van der Waals surface area contributed by atoms with Gasteiger partial charge in [0, 0.05) is 20.3 Å². The van der Waals surface area contributed by atoms with Gasteiger partial charge in [-0.2, -0.15) is 0 Å². The van der Waals surface area contributed by atoms with Crippen LogP contribution in [0.3, 0.4) is 0 Å². The smallest absolute Gasteiger partial charge is 0.332 e. The number of carboxylic acid groups (broad SMARTS) is 1. The molecule has 1 aromatic rings. The van der Waals surface area contributed by atoms with Gasteiger partial charge in [-0.1, -0.05) is 0 Å². The van der Waals surface area contributed by atoms with Crippen LogP contribution in [-0.4, -0.2) is 29.8 Å². The van der Waals surface area contributed by atoms with Crippen LogP contribution in [0.5, 0.6) is 0 Å². The molecule has 2 rings (SSSR count). The molecule has 0 bridgehead atoms. The molecule has 1 fully saturated rings. The number of halogens is 2. The molecular weight excluding hydrogens is 413 g/mol. The monoisotopic (exact) mass is 425 g/mol. The van der Waals surface area contributed by atoms with Crippen molar-refractivity contribution in [2.45, 2.75) is 25.0 Å². The number of anilines is 1. The van der Waals surface area contributed by atoms with Crippen LogP contribution in [0.25, 0.3) is 0 Å². The lowest BCUT2D eigenvalue weighted by Crippen LogP contribution is -2.24. The fraction of sp³-hybridized carbons (Fsp3) is 0.417. The molecule has 0 radical (unpaired) electrons. The summed E-state index contributed by atoms with van der Waals surface area (Å²) in [5, 5.41) is 12.1. The van der Waals surface area contributed by atoms with E-state index < -0.39 is 12.1 Å². The van der Waals surface area contributed by atoms with Crippen molar-refractivity contribution in [3.63, 3.8) is 0 Å². The van der Waals surface area contributed by atoms with Crippen molar-refractivity contribution in [1.29, 1.82) is 0 Å². The number of carboxylic acids is 1. The van der Waals surface area contributed by atoms with E-state index >= 15 is 0 Å². The van der Waals surface area contributed by atoms with Crippen LogP contribution in [0.15, 0.2) is 22.7 Å². The summed E-state index contributed by atoms with van der Waals surface area (Å²) in [5.74, 6) is -0.865. The highest BCUT2D eigenvalue weighted by Gasteiger charge is 2.30. The van der Waals surface area contributed by atoms with E-state index in [1.165, 1.54) is 0 Å². The molecule has 0 saturated carbocycles. The third-order valence-corrected chi connectivity index (χ3v) is 5.16. The van der Waals surface area contributed by atoms with Crippen LogP contribution >= 0.6 is 38.5 Å². The molecule has 0 aromatic heterocycles. The zero-order valence-electron chi connectivity index (χ0n) is 9.53. The van der Waals surface area contributed by atoms with Gasteiger partial charge in [-0.3, -0.25) is 0 Å². The Bertz CT molecular complexity index is 455. The lowest BCUT2D eigenvalue weighted by atomic mass is 10.2. The summed E-state index contributed by atoms with van der Waals surface area (Å²) in [6.45, 7) is 0.640. The zero-order chi connectivity index (χ0) is 13.1. The maximum Gasteiger partial charge on any atom is 0.332 e. The highest BCUT2D eigenvalue weighted by molar-refractivity contribution is 14.1. The Kier molecular flexibility index (Phi) is 4.85. The fourth-order valence-corrected chi connectivity index (χ4v) is 2.64. The van der Waals surface area contributed by atoms with Gasteiger partial charge < -0.3 is 15.2 Å². The summed E-state index contributed by atoms with van der Waals surface area (Å²) in [4.78, 5) is 10.8. The van der Waals surface area contributed by atoms with Gasteiger partial charge in [0.1, 0.15) is 0 Å². The SMILES string of the molecule is O=C(O)C1CCC(CNc2ccc(Br)c(I)c2)O1. The van der Waals surface area contributed by atoms with Crippen molar-refractivity contribution in [2.24, 2.45) is 0 Å². The van der Waals surface area contributed by atoms with Crippen LogP contribution in [0.2, 0.25) is 0 Å². The molecule has 0 spiro atoms. The Balaban J connectivity index is 1.85. The van der Waals surface area contributed by atoms with Crippen LogP contribution in [-0.2, 0) is 9.53 Å². The molecule has 6 heteroatoms. The Morgan fingerprint density at radius 3 is 2.94 bits per heavy atom. The second-order valence-corrected chi connectivity index (χ2v) is 6.19. The van der Waals surface area contributed by atoms with E-state index in [1.54, 1.807) is 0 Å². The summed E-state index contributed by atoms with van der Waals surface area (Å²) < 4.78 is 7.62. The molecule has 1 aromatic carbocycles. The van der Waals surface area contributed by atoms with Crippen LogP contribution in [0.4, 0.5) is 5.69 Å². The predicted octanol–water partition coefficient (Wildman–Crippen LogP) is 3.10. The normalized spacial score (nSPS) is 23.0. The Morgan fingerprint density at radius 1 is 1.56 bits per heavy atom. The van der Waals surface area contributed by atoms with E-state index in [9.17, 15) is 4.79 Å². The quantitative estimate of drug-likeness (QED) is 0.728. The Morgan fingerprint density at radius 2 is 2.33 bits per heavy atom. The Labute approximate surface area is 127 Å². The van der Waals surface area contributed by atoms with Gasteiger partial charge in [0.05, 0.1) is 6.10 Å². The molecule has 4 nitrogen and oxygen atoms in total. The zero-order valence-corrected chi connectivity index (χ0v) is 13.3. The van der Waals surface area contributed by atoms with Crippen molar-refractivity contribution in [2.75, 3.05) is 11.9 Å². The molecule has 0 aliphatic carbocycles. The van der Waals surface area contributed by atoms with E-state index in [4.69, 9.17) is 9.84 Å². The lowest BCUT2D eigenvalue weighted by Gasteiger charge is -2.13. The summed E-state index contributed by atoms with van der Waals surface area (Å²) in [5.41, 5.74) is 1.02. The maximum absolute atomic E-state index is 10.8. The van der Waals surface area contributed by atoms with Crippen molar-refractivity contribution in [1.82, 2.24) is 0 Å². The van der Waals surface area contributed by atoms with E-state index in [-0.39, 0.29) is 6.10 Å². The molecule has 2 N–H and O–H groups in total. The molecule has 18 heavy (non-hydrogen) atoms. The second-order valence-electron chi connectivity index (χ2n) is 4.17. The summed E-state index contributed by atoms with van der Waals surface area (Å²) in [6, 6.07) is 6.00. The first-order chi connectivity index (χ1) is 8.56. The van der Waals surface area contributed by atoms with Gasteiger partial charge in [-0.05, 0) is 69.6 Å². The average Bonchev–Trinajstić information content (AvgIpc) is 2.79. The number of ether oxygens (including phenoxy) is 1. The first-order valence-electron chi connectivity index (χ1n) is 5.63. The van der Waals surface area contributed by atoms with Gasteiger partial charge in [0.15, 0.2) is 6.10 Å². The van der Waals surface area contributed by atoms with E-state index in [0.717, 1.165) is 20.2 Å². The van der Waals surface area contributed by atoms with Gasteiger partial charge in [0.25, 0.3) is 0 Å². The average molecular weight is 426 g/mol. The molecule has 1 aliphatic heterocycles. The number of rotatable bonds is 4. The van der Waals surface area contributed by atoms with E-state index in [0.29, 0.717) is 13.0 Å². The van der Waals surface area contributed by atoms with Crippen molar-refractivity contribution in [3.05, 3.63) is 26.2 Å². The van der Waals surface area contributed by atoms with Crippen LogP contribution in [0, 0.1) is 3.57 Å². The van der Waals surface area contributed by atoms with Crippen LogP contribution < -0.4 is 5.32 Å². The Hall–Kier alpha value is -0.340. The van der Waals surface area contributed by atoms with Crippen LogP contribution in [0.1, 0.15) is 12.8 Å². The van der Waals surface area contributed by atoms with E-state index in [2.05, 4.69) is 43.8 Å². The topological polar surface area (TPSA) is 58.6 Å². The lowest BCUT2D eigenvalue weighted by molar-refractivity contribution is -0.149. The van der Waals surface area contributed by atoms with Crippen molar-refractivity contribution >= 4 is 50.2 Å². The van der Waals surface area contributed by atoms with Gasteiger partial charge in [-0.15, -0.1) is 0 Å². The molecule has 0 amide bonds. The molecule has 1 aliphatic rings. The number of aliphatic carboxylic acids is 1. The van der Waals surface area contributed by atoms with Gasteiger partial charge >= 0.3 is 5.97 Å². The minimum absolute atomic E-state index is 0.0209. The number of hydrogen-bond acceptors (Lipinski definition) is 3. The molecule has 2 atom stereocenters. The minimum atomic E-state index is -0.865. The highest BCUT2D eigenvalue weighted by Crippen LogP contribution is 2.24. The molecule has 1 saturated heterocycles. The molecule has 2 unspecified atom stereocenters. The maximum atomic E-state index is 10.8.